The van der Waals surface area contributed by atoms with E-state index in [1.165, 1.54) is 32.4 Å². The second-order valence-electron chi connectivity index (χ2n) is 5.21. The van der Waals surface area contributed by atoms with E-state index in [-0.39, 0.29) is 29.4 Å². The molecule has 23 heavy (non-hydrogen) atoms. The van der Waals surface area contributed by atoms with Gasteiger partial charge in [0, 0.05) is 19.6 Å². The van der Waals surface area contributed by atoms with Gasteiger partial charge in [0.2, 0.25) is 10.0 Å². The molecule has 0 saturated carbocycles. The van der Waals surface area contributed by atoms with Crippen LogP contribution in [0, 0.1) is 0 Å². The molecule has 0 aliphatic carbocycles. The van der Waals surface area contributed by atoms with Crippen LogP contribution in [0.2, 0.25) is 0 Å². The number of nitrogens with one attached hydrogen (secondary N) is 1. The van der Waals surface area contributed by atoms with Crippen LogP contribution in [-0.2, 0) is 19.5 Å². The van der Waals surface area contributed by atoms with E-state index < -0.39 is 21.6 Å². The third kappa shape index (κ3) is 3.99. The van der Waals surface area contributed by atoms with E-state index in [2.05, 4.69) is 9.46 Å². The van der Waals surface area contributed by atoms with E-state index in [9.17, 15) is 18.3 Å². The van der Waals surface area contributed by atoms with Crippen molar-refractivity contribution in [3.63, 3.8) is 0 Å². The van der Waals surface area contributed by atoms with Crippen molar-refractivity contribution in [2.45, 2.75) is 16.9 Å². The smallest absolute Gasteiger partial charge is 0.337 e. The number of esters is 1. The van der Waals surface area contributed by atoms with Gasteiger partial charge in [-0.3, -0.25) is 0 Å². The van der Waals surface area contributed by atoms with Crippen molar-refractivity contribution in [3.05, 3.63) is 23.8 Å². The number of benzene rings is 1. The van der Waals surface area contributed by atoms with Crippen LogP contribution in [0.4, 0.5) is 0 Å². The molecule has 1 aromatic carbocycles. The van der Waals surface area contributed by atoms with E-state index >= 15 is 0 Å². The first-order valence-corrected chi connectivity index (χ1v) is 8.36. The number of ether oxygens (including phenoxy) is 3. The van der Waals surface area contributed by atoms with Crippen LogP contribution in [0.5, 0.6) is 5.75 Å². The molecule has 2 rings (SSSR count). The molecule has 0 bridgehead atoms. The predicted octanol–water partition coefficient (Wildman–Crippen LogP) is -0.0885. The first-order valence-electron chi connectivity index (χ1n) is 6.87. The molecule has 128 valence electrons. The fraction of sp³-hybridized carbons (Fsp3) is 0.500. The molecule has 1 unspecified atom stereocenters. The molecule has 0 aromatic heterocycles. The first-order chi connectivity index (χ1) is 10.8. The first kappa shape index (κ1) is 17.7. The van der Waals surface area contributed by atoms with Gasteiger partial charge in [-0.15, -0.1) is 0 Å². The summed E-state index contributed by atoms with van der Waals surface area (Å²) in [6.07, 6.45) is 0.342. The fourth-order valence-electron chi connectivity index (χ4n) is 2.17. The Morgan fingerprint density at radius 3 is 2.74 bits per heavy atom. The summed E-state index contributed by atoms with van der Waals surface area (Å²) >= 11 is 0. The van der Waals surface area contributed by atoms with Crippen LogP contribution >= 0.6 is 0 Å². The van der Waals surface area contributed by atoms with Gasteiger partial charge in [0.25, 0.3) is 0 Å². The maximum atomic E-state index is 12.5. The Balaban J connectivity index is 2.28. The number of sulfonamides is 1. The second kappa shape index (κ2) is 6.83. The summed E-state index contributed by atoms with van der Waals surface area (Å²) < 4.78 is 42.0. The van der Waals surface area contributed by atoms with Crippen molar-refractivity contribution in [2.75, 3.05) is 34.0 Å². The summed E-state index contributed by atoms with van der Waals surface area (Å²) in [5.41, 5.74) is -1.16. The molecule has 1 atom stereocenters. The number of rotatable bonds is 6. The molecule has 8 nitrogen and oxygen atoms in total. The van der Waals surface area contributed by atoms with E-state index in [1.807, 2.05) is 0 Å². The van der Waals surface area contributed by atoms with Crippen molar-refractivity contribution in [1.29, 1.82) is 0 Å². The zero-order valence-corrected chi connectivity index (χ0v) is 13.7. The van der Waals surface area contributed by atoms with Crippen molar-refractivity contribution in [3.8, 4) is 5.75 Å². The van der Waals surface area contributed by atoms with Gasteiger partial charge in [0.15, 0.2) is 0 Å². The van der Waals surface area contributed by atoms with Crippen molar-refractivity contribution in [1.82, 2.24) is 4.72 Å². The van der Waals surface area contributed by atoms with Gasteiger partial charge in [-0.05, 0) is 18.2 Å². The summed E-state index contributed by atoms with van der Waals surface area (Å²) in [7, 11) is -1.46. The molecular formula is C14H19NO7S. The highest BCUT2D eigenvalue weighted by Gasteiger charge is 2.34. The quantitative estimate of drug-likeness (QED) is 0.693. The molecule has 2 N–H and O–H groups in total. The minimum Gasteiger partial charge on any atom is -0.495 e. The van der Waals surface area contributed by atoms with Crippen LogP contribution in [0.1, 0.15) is 16.8 Å². The average molecular weight is 345 g/mol. The van der Waals surface area contributed by atoms with Crippen molar-refractivity contribution < 1.29 is 32.5 Å². The van der Waals surface area contributed by atoms with Crippen molar-refractivity contribution >= 4 is 16.0 Å². The lowest BCUT2D eigenvalue weighted by atomic mass is 10.1. The molecule has 1 aliphatic heterocycles. The van der Waals surface area contributed by atoms with Crippen LogP contribution in [0.25, 0.3) is 0 Å². The maximum absolute atomic E-state index is 12.5. The standard InChI is InChI=1S/C14H19NO7S/c1-20-11-4-3-10(13(16)21-2)7-12(11)23(18,19)15-8-14(17)5-6-22-9-14/h3-4,7,15,17H,5-6,8-9H2,1-2H3. The van der Waals surface area contributed by atoms with Crippen LogP contribution < -0.4 is 9.46 Å². The molecule has 1 saturated heterocycles. The lowest BCUT2D eigenvalue weighted by Crippen LogP contribution is -2.43. The van der Waals surface area contributed by atoms with Gasteiger partial charge in [-0.2, -0.15) is 0 Å². The van der Waals surface area contributed by atoms with Gasteiger partial charge >= 0.3 is 5.97 Å². The molecule has 1 aliphatic rings. The summed E-state index contributed by atoms with van der Waals surface area (Å²) in [5, 5.41) is 10.2. The van der Waals surface area contributed by atoms with Gasteiger partial charge in [-0.1, -0.05) is 0 Å². The minimum absolute atomic E-state index is 0.0643. The maximum Gasteiger partial charge on any atom is 0.337 e. The number of carbonyl (C=O) groups is 1. The summed E-state index contributed by atoms with van der Waals surface area (Å²) in [6.45, 7) is 0.245. The van der Waals surface area contributed by atoms with E-state index in [0.29, 0.717) is 13.0 Å². The summed E-state index contributed by atoms with van der Waals surface area (Å²) in [5.74, 6) is -0.577. The van der Waals surface area contributed by atoms with E-state index in [1.54, 1.807) is 0 Å². The van der Waals surface area contributed by atoms with E-state index in [0.717, 1.165) is 0 Å². The third-order valence-corrected chi connectivity index (χ3v) is 4.97. The highest BCUT2D eigenvalue weighted by molar-refractivity contribution is 7.89. The molecule has 1 fully saturated rings. The molecule has 0 spiro atoms. The SMILES string of the molecule is COC(=O)c1ccc(OC)c(S(=O)(=O)NCC2(O)CCOC2)c1. The third-order valence-electron chi connectivity index (χ3n) is 3.55. The normalized spacial score (nSPS) is 21.2. The predicted molar refractivity (Wildman–Crippen MR) is 79.9 cm³/mol. The average Bonchev–Trinajstić information content (AvgIpc) is 2.99. The van der Waals surface area contributed by atoms with Gasteiger partial charge in [0.05, 0.1) is 26.4 Å². The Morgan fingerprint density at radius 1 is 1.43 bits per heavy atom. The van der Waals surface area contributed by atoms with Crippen molar-refractivity contribution in [2.24, 2.45) is 0 Å². The topological polar surface area (TPSA) is 111 Å². The molecule has 1 aromatic rings. The van der Waals surface area contributed by atoms with Crippen LogP contribution in [0.3, 0.4) is 0 Å². The number of carbonyl (C=O) groups excluding carboxylic acids is 1. The Labute approximate surface area is 134 Å². The Hall–Kier alpha value is -1.68. The largest absolute Gasteiger partial charge is 0.495 e. The lowest BCUT2D eigenvalue weighted by Gasteiger charge is -2.21. The Morgan fingerprint density at radius 2 is 2.17 bits per heavy atom. The summed E-state index contributed by atoms with van der Waals surface area (Å²) in [4.78, 5) is 11.4. The molecule has 0 amide bonds. The molecule has 0 radical (unpaired) electrons. The fourth-order valence-corrected chi connectivity index (χ4v) is 3.49. The number of hydrogen-bond donors (Lipinski definition) is 2. The Kier molecular flexibility index (Phi) is 5.25. The zero-order valence-electron chi connectivity index (χ0n) is 12.9. The summed E-state index contributed by atoms with van der Waals surface area (Å²) in [6, 6.07) is 3.94. The molecule has 9 heteroatoms. The highest BCUT2D eigenvalue weighted by Crippen LogP contribution is 2.26. The lowest BCUT2D eigenvalue weighted by molar-refractivity contribution is 0.0314. The van der Waals surface area contributed by atoms with Gasteiger partial charge in [-0.25, -0.2) is 17.9 Å². The zero-order chi connectivity index (χ0) is 17.1. The molecule has 1 heterocycles. The second-order valence-corrected chi connectivity index (χ2v) is 6.94. The van der Waals surface area contributed by atoms with E-state index in [4.69, 9.17) is 9.47 Å². The van der Waals surface area contributed by atoms with Gasteiger partial charge < -0.3 is 19.3 Å². The minimum atomic E-state index is -3.99. The van der Waals surface area contributed by atoms with Crippen LogP contribution in [-0.4, -0.2) is 59.1 Å². The highest BCUT2D eigenvalue weighted by atomic mass is 32.2. The number of hydrogen-bond acceptors (Lipinski definition) is 7. The van der Waals surface area contributed by atoms with Crippen LogP contribution in [0.15, 0.2) is 23.1 Å². The molecular weight excluding hydrogens is 326 g/mol. The van der Waals surface area contributed by atoms with Gasteiger partial charge in [0.1, 0.15) is 16.2 Å². The number of aliphatic hydroxyl groups is 1. The monoisotopic (exact) mass is 345 g/mol. The number of methoxy groups -OCH3 is 2. The Bertz CT molecular complexity index is 680.